The molecule has 2 aromatic rings. The maximum atomic E-state index is 13.9. The lowest BCUT2D eigenvalue weighted by Gasteiger charge is -2.33. The van der Waals surface area contributed by atoms with Crippen LogP contribution in [-0.4, -0.2) is 35.6 Å². The molecule has 0 N–H and O–H groups in total. The maximum absolute atomic E-state index is 13.9. The molecular formula is C17H18ClF2N3O2. The number of anilines is 1. The van der Waals surface area contributed by atoms with Crippen molar-refractivity contribution < 1.29 is 13.5 Å². The highest BCUT2D eigenvalue weighted by atomic mass is 35.5. The van der Waals surface area contributed by atoms with E-state index in [1.807, 2.05) is 11.8 Å². The Morgan fingerprint density at radius 1 is 1.28 bits per heavy atom. The Labute approximate surface area is 148 Å². The minimum Gasteiger partial charge on any atom is -0.378 e. The minimum atomic E-state index is -0.879. The van der Waals surface area contributed by atoms with E-state index in [1.54, 1.807) is 0 Å². The molecule has 1 aromatic carbocycles. The number of benzene rings is 1. The van der Waals surface area contributed by atoms with E-state index in [0.717, 1.165) is 29.7 Å². The van der Waals surface area contributed by atoms with Crippen molar-refractivity contribution in [2.24, 2.45) is 0 Å². The fourth-order valence-corrected chi connectivity index (χ4v) is 3.22. The molecule has 0 bridgehead atoms. The van der Waals surface area contributed by atoms with Gasteiger partial charge in [-0.2, -0.15) is 9.78 Å². The lowest BCUT2D eigenvalue weighted by molar-refractivity contribution is 0.0459. The standard InChI is InChI=1S/C17H18ClF2N3O2/c1-2-25-12-5-7-22(8-6-12)15-10-21-23(17(24)16(15)18)14-4-3-11(19)9-13(14)20/h3-4,9-10,12H,2,5-8H2,1H3. The summed E-state index contributed by atoms with van der Waals surface area (Å²) in [6.07, 6.45) is 3.31. The van der Waals surface area contributed by atoms with E-state index in [-0.39, 0.29) is 16.8 Å². The molecule has 8 heteroatoms. The van der Waals surface area contributed by atoms with E-state index in [4.69, 9.17) is 16.3 Å². The number of piperidine rings is 1. The van der Waals surface area contributed by atoms with E-state index in [1.165, 1.54) is 6.20 Å². The van der Waals surface area contributed by atoms with Crippen LogP contribution in [0.5, 0.6) is 0 Å². The van der Waals surface area contributed by atoms with Gasteiger partial charge in [-0.3, -0.25) is 4.79 Å². The number of aromatic nitrogens is 2. The van der Waals surface area contributed by atoms with Crippen LogP contribution in [0, 0.1) is 11.6 Å². The molecule has 0 radical (unpaired) electrons. The Balaban J connectivity index is 1.88. The highest BCUT2D eigenvalue weighted by molar-refractivity contribution is 6.33. The first kappa shape index (κ1) is 17.8. The van der Waals surface area contributed by atoms with Crippen LogP contribution < -0.4 is 10.5 Å². The first-order valence-electron chi connectivity index (χ1n) is 8.11. The zero-order valence-corrected chi connectivity index (χ0v) is 14.5. The molecule has 134 valence electrons. The lowest BCUT2D eigenvalue weighted by Crippen LogP contribution is -2.38. The molecule has 5 nitrogen and oxygen atoms in total. The van der Waals surface area contributed by atoms with Gasteiger partial charge in [-0.25, -0.2) is 8.78 Å². The summed E-state index contributed by atoms with van der Waals surface area (Å²) in [7, 11) is 0. The molecule has 1 aliphatic rings. The van der Waals surface area contributed by atoms with Gasteiger partial charge in [-0.15, -0.1) is 0 Å². The fourth-order valence-electron chi connectivity index (χ4n) is 2.97. The number of ether oxygens (including phenoxy) is 1. The van der Waals surface area contributed by atoms with Gasteiger partial charge in [0.05, 0.1) is 18.0 Å². The zero-order valence-electron chi connectivity index (χ0n) is 13.7. The van der Waals surface area contributed by atoms with E-state index in [9.17, 15) is 13.6 Å². The number of halogens is 3. The Hall–Kier alpha value is -1.99. The third-order valence-corrected chi connectivity index (χ3v) is 4.58. The Morgan fingerprint density at radius 2 is 2.00 bits per heavy atom. The van der Waals surface area contributed by atoms with Crippen molar-refractivity contribution in [3.8, 4) is 5.69 Å². The van der Waals surface area contributed by atoms with Gasteiger partial charge in [0.25, 0.3) is 5.56 Å². The van der Waals surface area contributed by atoms with Crippen molar-refractivity contribution in [1.29, 1.82) is 0 Å². The number of nitrogens with zero attached hydrogens (tertiary/aromatic N) is 3. The molecule has 1 fully saturated rings. The topological polar surface area (TPSA) is 47.4 Å². The summed E-state index contributed by atoms with van der Waals surface area (Å²) < 4.78 is 33.4. The summed E-state index contributed by atoms with van der Waals surface area (Å²) in [6.45, 7) is 4.02. The first-order chi connectivity index (χ1) is 12.0. The predicted octanol–water partition coefficient (Wildman–Crippen LogP) is 3.17. The van der Waals surface area contributed by atoms with Crippen LogP contribution in [0.4, 0.5) is 14.5 Å². The Morgan fingerprint density at radius 3 is 2.64 bits per heavy atom. The summed E-state index contributed by atoms with van der Waals surface area (Å²) >= 11 is 6.22. The van der Waals surface area contributed by atoms with E-state index in [2.05, 4.69) is 5.10 Å². The molecule has 0 amide bonds. The van der Waals surface area contributed by atoms with Gasteiger partial charge in [0, 0.05) is 25.8 Å². The van der Waals surface area contributed by atoms with Crippen LogP contribution in [0.15, 0.2) is 29.2 Å². The second-order valence-corrected chi connectivity index (χ2v) is 6.18. The SMILES string of the molecule is CCOC1CCN(c2cnn(-c3ccc(F)cc3F)c(=O)c2Cl)CC1. The Bertz CT molecular complexity index is 820. The molecule has 0 atom stereocenters. The minimum absolute atomic E-state index is 0.0337. The summed E-state index contributed by atoms with van der Waals surface area (Å²) in [4.78, 5) is 14.5. The lowest BCUT2D eigenvalue weighted by atomic mass is 10.1. The summed E-state index contributed by atoms with van der Waals surface area (Å²) in [6, 6.07) is 2.92. The van der Waals surface area contributed by atoms with Gasteiger partial charge >= 0.3 is 0 Å². The van der Waals surface area contributed by atoms with Gasteiger partial charge in [-0.1, -0.05) is 11.6 Å². The van der Waals surface area contributed by atoms with Crippen molar-refractivity contribution in [3.63, 3.8) is 0 Å². The zero-order chi connectivity index (χ0) is 18.0. The fraction of sp³-hybridized carbons (Fsp3) is 0.412. The molecule has 0 spiro atoms. The van der Waals surface area contributed by atoms with Crippen molar-refractivity contribution in [3.05, 3.63) is 51.4 Å². The van der Waals surface area contributed by atoms with Gasteiger partial charge in [0.1, 0.15) is 16.5 Å². The van der Waals surface area contributed by atoms with Crippen LogP contribution in [0.25, 0.3) is 5.69 Å². The van der Waals surface area contributed by atoms with Crippen LogP contribution in [0.2, 0.25) is 5.02 Å². The molecule has 2 heterocycles. The van der Waals surface area contributed by atoms with Crippen molar-refractivity contribution in [2.75, 3.05) is 24.6 Å². The van der Waals surface area contributed by atoms with Crippen molar-refractivity contribution >= 4 is 17.3 Å². The van der Waals surface area contributed by atoms with Crippen LogP contribution in [0.1, 0.15) is 19.8 Å². The van der Waals surface area contributed by atoms with E-state index < -0.39 is 17.2 Å². The third kappa shape index (κ3) is 3.67. The molecule has 0 saturated carbocycles. The molecule has 3 rings (SSSR count). The Kier molecular flexibility index (Phi) is 5.34. The molecular weight excluding hydrogens is 352 g/mol. The molecule has 0 aliphatic carbocycles. The summed E-state index contributed by atoms with van der Waals surface area (Å²) in [5, 5.41) is 3.98. The number of hydrogen-bond acceptors (Lipinski definition) is 4. The average molecular weight is 370 g/mol. The van der Waals surface area contributed by atoms with Crippen LogP contribution >= 0.6 is 11.6 Å². The van der Waals surface area contributed by atoms with Crippen LogP contribution in [-0.2, 0) is 4.74 Å². The van der Waals surface area contributed by atoms with Gasteiger partial charge < -0.3 is 9.64 Å². The third-order valence-electron chi connectivity index (χ3n) is 4.22. The van der Waals surface area contributed by atoms with E-state index >= 15 is 0 Å². The van der Waals surface area contributed by atoms with Crippen molar-refractivity contribution in [2.45, 2.75) is 25.9 Å². The summed E-state index contributed by atoms with van der Waals surface area (Å²) in [5.74, 6) is -1.61. The predicted molar refractivity (Wildman–Crippen MR) is 91.6 cm³/mol. The van der Waals surface area contributed by atoms with Gasteiger partial charge in [0.2, 0.25) is 0 Å². The molecule has 25 heavy (non-hydrogen) atoms. The van der Waals surface area contributed by atoms with Gasteiger partial charge in [0.15, 0.2) is 5.82 Å². The number of hydrogen-bond donors (Lipinski definition) is 0. The molecule has 1 aromatic heterocycles. The molecule has 0 unspecified atom stereocenters. The highest BCUT2D eigenvalue weighted by Gasteiger charge is 2.23. The normalized spacial score (nSPS) is 15.6. The molecule has 1 aliphatic heterocycles. The van der Waals surface area contributed by atoms with Crippen molar-refractivity contribution in [1.82, 2.24) is 9.78 Å². The second kappa shape index (κ2) is 7.49. The van der Waals surface area contributed by atoms with Crippen LogP contribution in [0.3, 0.4) is 0 Å². The van der Waals surface area contributed by atoms with E-state index in [0.29, 0.717) is 31.5 Å². The average Bonchev–Trinajstić information content (AvgIpc) is 2.59. The monoisotopic (exact) mass is 369 g/mol. The smallest absolute Gasteiger partial charge is 0.292 e. The first-order valence-corrected chi connectivity index (χ1v) is 8.49. The maximum Gasteiger partial charge on any atom is 0.292 e. The second-order valence-electron chi connectivity index (χ2n) is 5.80. The van der Waals surface area contributed by atoms with Gasteiger partial charge in [-0.05, 0) is 31.9 Å². The largest absolute Gasteiger partial charge is 0.378 e. The highest BCUT2D eigenvalue weighted by Crippen LogP contribution is 2.26. The quantitative estimate of drug-likeness (QED) is 0.830. The summed E-state index contributed by atoms with van der Waals surface area (Å²) in [5.41, 5.74) is -0.271. The number of rotatable bonds is 4. The molecule has 1 saturated heterocycles.